The van der Waals surface area contributed by atoms with Crippen molar-refractivity contribution in [2.45, 2.75) is 6.92 Å². The number of fused-ring (bicyclic) bond motifs is 6. The second-order valence-electron chi connectivity index (χ2n) is 5.93. The van der Waals surface area contributed by atoms with Crippen LogP contribution >= 0.6 is 0 Å². The third kappa shape index (κ3) is 1.52. The summed E-state index contributed by atoms with van der Waals surface area (Å²) in [4.78, 5) is 24.5. The minimum absolute atomic E-state index is 0.357. The van der Waals surface area contributed by atoms with E-state index < -0.39 is 0 Å². The molecule has 1 aliphatic rings. The molecule has 5 rings (SSSR count). The van der Waals surface area contributed by atoms with Gasteiger partial charge in [0.25, 0.3) is 11.8 Å². The van der Waals surface area contributed by atoms with Gasteiger partial charge < -0.3 is 4.40 Å². The van der Waals surface area contributed by atoms with E-state index in [9.17, 15) is 9.59 Å². The number of nitrogens with zero attached hydrogens (tertiary/aromatic N) is 3. The first-order chi connectivity index (χ1) is 11.6. The predicted octanol–water partition coefficient (Wildman–Crippen LogP) is 2.47. The lowest BCUT2D eigenvalue weighted by atomic mass is 10.1. The lowest BCUT2D eigenvalue weighted by Gasteiger charge is -2.09. The van der Waals surface area contributed by atoms with E-state index >= 15 is 0 Å². The molecule has 0 aliphatic carbocycles. The van der Waals surface area contributed by atoms with E-state index in [-0.39, 0.29) is 11.8 Å². The van der Waals surface area contributed by atoms with Crippen LogP contribution in [-0.4, -0.2) is 26.0 Å². The van der Waals surface area contributed by atoms with Gasteiger partial charge in [-0.05, 0) is 36.8 Å². The van der Waals surface area contributed by atoms with E-state index in [1.807, 2.05) is 53.9 Å². The quantitative estimate of drug-likeness (QED) is 0.549. The highest BCUT2D eigenvalue weighted by atomic mass is 16.2. The van der Waals surface area contributed by atoms with E-state index in [4.69, 9.17) is 0 Å². The summed E-state index contributed by atoms with van der Waals surface area (Å²) in [6.45, 7) is 2.02. The maximum absolute atomic E-state index is 12.3. The van der Waals surface area contributed by atoms with Crippen LogP contribution in [0.4, 0.5) is 0 Å². The van der Waals surface area contributed by atoms with Crippen LogP contribution in [0.1, 0.15) is 26.3 Å². The summed E-state index contributed by atoms with van der Waals surface area (Å²) in [7, 11) is 0. The van der Waals surface area contributed by atoms with Crippen molar-refractivity contribution in [2.24, 2.45) is 0 Å². The molecule has 1 aromatic carbocycles. The third-order valence-electron chi connectivity index (χ3n) is 4.42. The molecule has 6 heteroatoms. The van der Waals surface area contributed by atoms with E-state index in [0.29, 0.717) is 22.0 Å². The van der Waals surface area contributed by atoms with Crippen molar-refractivity contribution in [1.82, 2.24) is 19.5 Å². The van der Waals surface area contributed by atoms with Gasteiger partial charge in [-0.1, -0.05) is 12.1 Å². The standard InChI is InChI=1S/C18H12N4O2/c1-10-4-2-5-11(8-10)22-18-12(9-19-22)14-15(17(24)20-16(14)23)13-6-3-7-21(13)18/h2-9H,1H3,(H,20,23,24). The van der Waals surface area contributed by atoms with E-state index in [2.05, 4.69) is 10.4 Å². The molecule has 0 atom stereocenters. The highest BCUT2D eigenvalue weighted by Gasteiger charge is 2.33. The van der Waals surface area contributed by atoms with Crippen LogP contribution in [0.2, 0.25) is 0 Å². The number of rotatable bonds is 1. The fourth-order valence-electron chi connectivity index (χ4n) is 3.42. The molecular weight excluding hydrogens is 304 g/mol. The number of hydrogen-bond acceptors (Lipinski definition) is 3. The lowest BCUT2D eigenvalue weighted by molar-refractivity contribution is 0.0880. The number of carbonyl (C=O) groups is 2. The summed E-state index contributed by atoms with van der Waals surface area (Å²) in [6, 6.07) is 11.7. The summed E-state index contributed by atoms with van der Waals surface area (Å²) in [5.41, 5.74) is 4.32. The van der Waals surface area contributed by atoms with Gasteiger partial charge in [0.15, 0.2) is 0 Å². The predicted molar refractivity (Wildman–Crippen MR) is 88.6 cm³/mol. The van der Waals surface area contributed by atoms with Crippen molar-refractivity contribution < 1.29 is 9.59 Å². The van der Waals surface area contributed by atoms with Gasteiger partial charge >= 0.3 is 0 Å². The highest BCUT2D eigenvalue weighted by Crippen LogP contribution is 2.31. The Balaban J connectivity index is 1.98. The van der Waals surface area contributed by atoms with Crippen LogP contribution in [0.15, 0.2) is 48.8 Å². The maximum Gasteiger partial charge on any atom is 0.261 e. The summed E-state index contributed by atoms with van der Waals surface area (Å²) >= 11 is 0. The molecule has 0 bridgehead atoms. The first-order valence-electron chi connectivity index (χ1n) is 7.58. The number of pyridine rings is 1. The Hall–Kier alpha value is -3.41. The number of amides is 2. The fraction of sp³-hybridized carbons (Fsp3) is 0.0556. The van der Waals surface area contributed by atoms with Crippen molar-refractivity contribution in [3.05, 3.63) is 65.5 Å². The van der Waals surface area contributed by atoms with E-state index in [0.717, 1.165) is 16.9 Å². The third-order valence-corrected chi connectivity index (χ3v) is 4.42. The Morgan fingerprint density at radius 3 is 2.71 bits per heavy atom. The Kier molecular flexibility index (Phi) is 2.35. The number of hydrogen-bond donors (Lipinski definition) is 1. The Morgan fingerprint density at radius 1 is 1.04 bits per heavy atom. The van der Waals surface area contributed by atoms with Crippen LogP contribution in [0.25, 0.3) is 22.2 Å². The fourth-order valence-corrected chi connectivity index (χ4v) is 3.42. The van der Waals surface area contributed by atoms with Crippen molar-refractivity contribution in [3.8, 4) is 5.69 Å². The minimum atomic E-state index is -0.368. The second kappa shape index (κ2) is 4.32. The van der Waals surface area contributed by atoms with Gasteiger partial charge in [0.05, 0.1) is 33.9 Å². The topological polar surface area (TPSA) is 68.4 Å². The molecule has 24 heavy (non-hydrogen) atoms. The van der Waals surface area contributed by atoms with Crippen LogP contribution in [0.3, 0.4) is 0 Å². The van der Waals surface area contributed by atoms with Crippen molar-refractivity contribution in [3.63, 3.8) is 0 Å². The number of carbonyl (C=O) groups excluding carboxylic acids is 2. The molecule has 1 N–H and O–H groups in total. The zero-order valence-corrected chi connectivity index (χ0v) is 12.8. The zero-order chi connectivity index (χ0) is 16.4. The van der Waals surface area contributed by atoms with Crippen LogP contribution in [0, 0.1) is 6.92 Å². The van der Waals surface area contributed by atoms with E-state index in [1.165, 1.54) is 0 Å². The number of aromatic nitrogens is 3. The molecule has 0 saturated heterocycles. The molecule has 0 unspecified atom stereocenters. The molecule has 6 nitrogen and oxygen atoms in total. The Morgan fingerprint density at radius 2 is 1.88 bits per heavy atom. The van der Waals surface area contributed by atoms with Crippen molar-refractivity contribution >= 4 is 28.4 Å². The molecule has 0 fully saturated rings. The van der Waals surface area contributed by atoms with Gasteiger partial charge in [0.2, 0.25) is 0 Å². The van der Waals surface area contributed by atoms with E-state index in [1.54, 1.807) is 10.9 Å². The largest absolute Gasteiger partial charge is 0.300 e. The van der Waals surface area contributed by atoms with Gasteiger partial charge in [-0.3, -0.25) is 14.9 Å². The minimum Gasteiger partial charge on any atom is -0.300 e. The monoisotopic (exact) mass is 316 g/mol. The number of benzene rings is 1. The normalized spacial score (nSPS) is 13.7. The van der Waals surface area contributed by atoms with Crippen LogP contribution in [0.5, 0.6) is 0 Å². The van der Waals surface area contributed by atoms with Gasteiger partial charge in [0, 0.05) is 6.20 Å². The average molecular weight is 316 g/mol. The van der Waals surface area contributed by atoms with Gasteiger partial charge in [0.1, 0.15) is 5.65 Å². The number of imide groups is 1. The average Bonchev–Trinajstić information content (AvgIpc) is 3.24. The van der Waals surface area contributed by atoms with Crippen LogP contribution < -0.4 is 5.32 Å². The van der Waals surface area contributed by atoms with Gasteiger partial charge in [-0.15, -0.1) is 0 Å². The molecule has 2 amide bonds. The van der Waals surface area contributed by atoms with Crippen LogP contribution in [-0.2, 0) is 0 Å². The molecule has 1 aliphatic heterocycles. The summed E-state index contributed by atoms with van der Waals surface area (Å²) in [5, 5.41) is 7.53. The SMILES string of the molecule is Cc1cccc(-n2ncc3c4c(c5cccn5c32)C(=O)NC4=O)c1. The summed E-state index contributed by atoms with van der Waals surface area (Å²) < 4.78 is 3.70. The smallest absolute Gasteiger partial charge is 0.261 e. The first-order valence-corrected chi connectivity index (χ1v) is 7.58. The molecule has 0 spiro atoms. The molecule has 116 valence electrons. The summed E-state index contributed by atoms with van der Waals surface area (Å²) in [6.07, 6.45) is 3.52. The van der Waals surface area contributed by atoms with Gasteiger partial charge in [-0.25, -0.2) is 4.68 Å². The molecule has 4 aromatic rings. The Labute approximate surface area is 136 Å². The van der Waals surface area contributed by atoms with Gasteiger partial charge in [-0.2, -0.15) is 5.10 Å². The second-order valence-corrected chi connectivity index (χ2v) is 5.93. The number of aryl methyl sites for hydroxylation is 1. The lowest BCUT2D eigenvalue weighted by Crippen LogP contribution is -2.20. The maximum atomic E-state index is 12.3. The molecule has 4 heterocycles. The first kappa shape index (κ1) is 13.1. The molecule has 3 aromatic heterocycles. The van der Waals surface area contributed by atoms with Crippen molar-refractivity contribution in [1.29, 1.82) is 0 Å². The zero-order valence-electron chi connectivity index (χ0n) is 12.8. The van der Waals surface area contributed by atoms with Crippen molar-refractivity contribution in [2.75, 3.05) is 0 Å². The molecular formula is C18H12N4O2. The number of nitrogens with one attached hydrogen (secondary N) is 1. The molecule has 0 radical (unpaired) electrons. The Bertz CT molecular complexity index is 1180. The highest BCUT2D eigenvalue weighted by molar-refractivity contribution is 6.29. The summed E-state index contributed by atoms with van der Waals surface area (Å²) in [5.74, 6) is -0.726. The molecule has 0 saturated carbocycles.